The Morgan fingerprint density at radius 1 is 1.50 bits per heavy atom. The first kappa shape index (κ1) is 13.0. The highest BCUT2D eigenvalue weighted by Crippen LogP contribution is 2.34. The van der Waals surface area contributed by atoms with Crippen LogP contribution in [0.15, 0.2) is 10.5 Å². The summed E-state index contributed by atoms with van der Waals surface area (Å²) in [7, 11) is 0. The molecule has 0 N–H and O–H groups in total. The summed E-state index contributed by atoms with van der Waals surface area (Å²) in [6.45, 7) is 3.16. The summed E-state index contributed by atoms with van der Waals surface area (Å²) >= 11 is 0. The number of likely N-dealkylation sites (tertiary alicyclic amines) is 1. The molecule has 0 aromatic carbocycles. The largest absolute Gasteiger partial charge is 0.456 e. The molecule has 1 saturated heterocycles. The van der Waals surface area contributed by atoms with Crippen LogP contribution in [-0.2, 0) is 6.42 Å². The third kappa shape index (κ3) is 2.23. The molecule has 100 valence electrons. The van der Waals surface area contributed by atoms with E-state index in [4.69, 9.17) is 4.42 Å². The van der Waals surface area contributed by atoms with Gasteiger partial charge < -0.3 is 9.32 Å². The molecule has 0 aliphatic carbocycles. The minimum Gasteiger partial charge on any atom is -0.456 e. The molecule has 1 aliphatic rings. The highest BCUT2D eigenvalue weighted by Gasteiger charge is 2.49. The van der Waals surface area contributed by atoms with Crippen LogP contribution >= 0.6 is 0 Å². The van der Waals surface area contributed by atoms with Gasteiger partial charge in [-0.2, -0.15) is 13.2 Å². The minimum atomic E-state index is -4.22. The smallest absolute Gasteiger partial charge is 0.395 e. The van der Waals surface area contributed by atoms with Gasteiger partial charge in [0.25, 0.3) is 5.91 Å². The first-order chi connectivity index (χ1) is 8.32. The number of halogens is 3. The number of carbonyl (C=O) groups is 1. The van der Waals surface area contributed by atoms with Gasteiger partial charge >= 0.3 is 6.18 Å². The maximum absolute atomic E-state index is 12.3. The number of rotatable bonds is 2. The van der Waals surface area contributed by atoms with Gasteiger partial charge in [0.15, 0.2) is 5.76 Å². The van der Waals surface area contributed by atoms with Crippen LogP contribution < -0.4 is 0 Å². The number of furan rings is 1. The number of aryl methyl sites for hydroxylation is 2. The Labute approximate surface area is 103 Å². The monoisotopic (exact) mass is 261 g/mol. The Morgan fingerprint density at radius 2 is 2.11 bits per heavy atom. The van der Waals surface area contributed by atoms with E-state index >= 15 is 0 Å². The predicted molar refractivity (Wildman–Crippen MR) is 58.3 cm³/mol. The molecule has 1 aromatic heterocycles. The Morgan fingerprint density at radius 3 is 2.56 bits per heavy atom. The van der Waals surface area contributed by atoms with Crippen LogP contribution in [0.2, 0.25) is 0 Å². The van der Waals surface area contributed by atoms with Crippen LogP contribution in [0.5, 0.6) is 0 Å². The molecule has 0 unspecified atom stereocenters. The molecule has 18 heavy (non-hydrogen) atoms. The lowest BCUT2D eigenvalue weighted by molar-refractivity contribution is -0.202. The minimum absolute atomic E-state index is 0.130. The molecule has 6 heteroatoms. The fourth-order valence-electron chi connectivity index (χ4n) is 1.98. The molecule has 0 atom stereocenters. The first-order valence-corrected chi connectivity index (χ1v) is 5.78. The SMILES string of the molecule is CCc1oc(C(=O)N2CC(C(F)(F)F)C2)cc1C. The maximum atomic E-state index is 12.3. The predicted octanol–water partition coefficient (Wildman–Crippen LogP) is 2.78. The molecule has 2 heterocycles. The molecule has 2 rings (SSSR count). The molecular weight excluding hydrogens is 247 g/mol. The van der Waals surface area contributed by atoms with Crippen LogP contribution in [0.1, 0.15) is 28.8 Å². The lowest BCUT2D eigenvalue weighted by atomic mass is 9.99. The zero-order valence-corrected chi connectivity index (χ0v) is 10.2. The van der Waals surface area contributed by atoms with Crippen molar-refractivity contribution in [1.29, 1.82) is 0 Å². The second-order valence-electron chi connectivity index (χ2n) is 4.52. The zero-order chi connectivity index (χ0) is 13.5. The normalized spacial score (nSPS) is 16.8. The quantitative estimate of drug-likeness (QED) is 0.820. The summed E-state index contributed by atoms with van der Waals surface area (Å²) in [5, 5.41) is 0. The molecular formula is C12H14F3NO2. The Bertz CT molecular complexity index is 458. The number of carbonyl (C=O) groups excluding carboxylic acids is 1. The highest BCUT2D eigenvalue weighted by atomic mass is 19.4. The summed E-state index contributed by atoms with van der Waals surface area (Å²) in [5.74, 6) is -1.03. The number of nitrogens with zero attached hydrogens (tertiary/aromatic N) is 1. The summed E-state index contributed by atoms with van der Waals surface area (Å²) in [6, 6.07) is 1.59. The van der Waals surface area contributed by atoms with Crippen molar-refractivity contribution in [2.24, 2.45) is 5.92 Å². The Balaban J connectivity index is 2.01. The van der Waals surface area contributed by atoms with Crippen molar-refractivity contribution < 1.29 is 22.4 Å². The van der Waals surface area contributed by atoms with E-state index in [0.29, 0.717) is 12.2 Å². The van der Waals surface area contributed by atoms with Gasteiger partial charge in [0.2, 0.25) is 0 Å². The van der Waals surface area contributed by atoms with Crippen molar-refractivity contribution in [3.05, 3.63) is 23.2 Å². The molecule has 1 fully saturated rings. The molecule has 1 aliphatic heterocycles. The highest BCUT2D eigenvalue weighted by molar-refractivity contribution is 5.92. The second kappa shape index (κ2) is 4.33. The molecule has 0 saturated carbocycles. The van der Waals surface area contributed by atoms with E-state index in [1.165, 1.54) is 0 Å². The van der Waals surface area contributed by atoms with Gasteiger partial charge in [0.05, 0.1) is 5.92 Å². The molecule has 1 aromatic rings. The average Bonchev–Trinajstić information content (AvgIpc) is 2.55. The van der Waals surface area contributed by atoms with Crippen LogP contribution in [0.25, 0.3) is 0 Å². The Kier molecular flexibility index (Phi) is 3.12. The first-order valence-electron chi connectivity index (χ1n) is 5.78. The van der Waals surface area contributed by atoms with Gasteiger partial charge in [-0.05, 0) is 18.6 Å². The number of hydrogen-bond acceptors (Lipinski definition) is 2. The van der Waals surface area contributed by atoms with Gasteiger partial charge in [-0.1, -0.05) is 6.92 Å². The van der Waals surface area contributed by atoms with Gasteiger partial charge in [-0.25, -0.2) is 0 Å². The standard InChI is InChI=1S/C12H14F3NO2/c1-3-9-7(2)4-10(18-9)11(17)16-5-8(6-16)12(13,14)15/h4,8H,3,5-6H2,1-2H3. The van der Waals surface area contributed by atoms with Crippen LogP contribution in [0.3, 0.4) is 0 Å². The van der Waals surface area contributed by atoms with Crippen LogP contribution in [0.4, 0.5) is 13.2 Å². The lowest BCUT2D eigenvalue weighted by Gasteiger charge is -2.39. The lowest BCUT2D eigenvalue weighted by Crippen LogP contribution is -2.55. The number of alkyl halides is 3. The van der Waals surface area contributed by atoms with E-state index in [-0.39, 0.29) is 18.8 Å². The third-order valence-corrected chi connectivity index (χ3v) is 3.18. The van der Waals surface area contributed by atoms with E-state index in [9.17, 15) is 18.0 Å². The van der Waals surface area contributed by atoms with Crippen LogP contribution in [-0.4, -0.2) is 30.1 Å². The van der Waals surface area contributed by atoms with Crippen molar-refractivity contribution in [2.45, 2.75) is 26.4 Å². The molecule has 0 spiro atoms. The van der Waals surface area contributed by atoms with Gasteiger partial charge in [0.1, 0.15) is 5.76 Å². The fraction of sp³-hybridized carbons (Fsp3) is 0.583. The van der Waals surface area contributed by atoms with Crippen LogP contribution in [0, 0.1) is 12.8 Å². The van der Waals surface area contributed by atoms with E-state index in [2.05, 4.69) is 0 Å². The number of hydrogen-bond donors (Lipinski definition) is 0. The van der Waals surface area contributed by atoms with Gasteiger partial charge in [-0.3, -0.25) is 4.79 Å². The maximum Gasteiger partial charge on any atom is 0.395 e. The van der Waals surface area contributed by atoms with E-state index < -0.39 is 18.0 Å². The van der Waals surface area contributed by atoms with Crippen molar-refractivity contribution in [3.63, 3.8) is 0 Å². The zero-order valence-electron chi connectivity index (χ0n) is 10.2. The topological polar surface area (TPSA) is 33.5 Å². The molecule has 3 nitrogen and oxygen atoms in total. The van der Waals surface area contributed by atoms with Crippen molar-refractivity contribution in [3.8, 4) is 0 Å². The summed E-state index contributed by atoms with van der Waals surface area (Å²) < 4.78 is 42.2. The summed E-state index contributed by atoms with van der Waals surface area (Å²) in [4.78, 5) is 13.0. The summed E-state index contributed by atoms with van der Waals surface area (Å²) in [5.41, 5.74) is 0.855. The van der Waals surface area contributed by atoms with E-state index in [0.717, 1.165) is 10.5 Å². The van der Waals surface area contributed by atoms with E-state index in [1.54, 1.807) is 6.07 Å². The fourth-order valence-corrected chi connectivity index (χ4v) is 1.98. The van der Waals surface area contributed by atoms with E-state index in [1.807, 2.05) is 13.8 Å². The second-order valence-corrected chi connectivity index (χ2v) is 4.52. The summed E-state index contributed by atoms with van der Waals surface area (Å²) in [6.07, 6.45) is -3.56. The molecule has 0 bridgehead atoms. The third-order valence-electron chi connectivity index (χ3n) is 3.18. The molecule has 0 radical (unpaired) electrons. The van der Waals surface area contributed by atoms with Gasteiger partial charge in [-0.15, -0.1) is 0 Å². The van der Waals surface area contributed by atoms with Crippen molar-refractivity contribution in [2.75, 3.05) is 13.1 Å². The number of amides is 1. The molecule has 1 amide bonds. The van der Waals surface area contributed by atoms with Gasteiger partial charge in [0, 0.05) is 19.5 Å². The van der Waals surface area contributed by atoms with Crippen molar-refractivity contribution in [1.82, 2.24) is 4.90 Å². The Hall–Kier alpha value is -1.46. The average molecular weight is 261 g/mol. The van der Waals surface area contributed by atoms with Crippen molar-refractivity contribution >= 4 is 5.91 Å².